The molecule has 0 bridgehead atoms. The van der Waals surface area contributed by atoms with Crippen LogP contribution in [0.4, 0.5) is 0 Å². The summed E-state index contributed by atoms with van der Waals surface area (Å²) < 4.78 is 11.3. The number of ketones is 1. The Morgan fingerprint density at radius 2 is 2.03 bits per heavy atom. The molecule has 0 saturated carbocycles. The zero-order valence-electron chi connectivity index (χ0n) is 16.6. The Labute approximate surface area is 178 Å². The lowest BCUT2D eigenvalue weighted by atomic mass is 9.99. The minimum absolute atomic E-state index is 0.0135. The summed E-state index contributed by atoms with van der Waals surface area (Å²) >= 11 is 1.50. The van der Waals surface area contributed by atoms with Crippen molar-refractivity contribution in [2.45, 2.75) is 26.4 Å². The number of benzene rings is 1. The van der Waals surface area contributed by atoms with Gasteiger partial charge >= 0.3 is 0 Å². The predicted octanol–water partition coefficient (Wildman–Crippen LogP) is 4.67. The fourth-order valence-electron chi connectivity index (χ4n) is 3.57. The highest BCUT2D eigenvalue weighted by molar-refractivity contribution is 7.09. The first-order valence-electron chi connectivity index (χ1n) is 9.60. The highest BCUT2D eigenvalue weighted by Crippen LogP contribution is 2.41. The maximum atomic E-state index is 13.0. The summed E-state index contributed by atoms with van der Waals surface area (Å²) in [5, 5.41) is 13.0. The Morgan fingerprint density at radius 1 is 1.20 bits per heavy atom. The second-order valence-electron chi connectivity index (χ2n) is 6.92. The fraction of sp³-hybridized carbons (Fsp3) is 0.217. The van der Waals surface area contributed by atoms with Crippen molar-refractivity contribution in [3.63, 3.8) is 0 Å². The minimum atomic E-state index is -0.809. The molecule has 7 heteroatoms. The van der Waals surface area contributed by atoms with Crippen LogP contribution in [0, 0.1) is 6.92 Å². The molecule has 1 aliphatic rings. The zero-order chi connectivity index (χ0) is 21.3. The molecule has 1 saturated heterocycles. The topological polar surface area (TPSA) is 80.0 Å². The molecule has 3 aromatic rings. The van der Waals surface area contributed by atoms with Gasteiger partial charge in [-0.05, 0) is 49.6 Å². The second kappa shape index (κ2) is 8.20. The molecule has 1 unspecified atom stereocenters. The van der Waals surface area contributed by atoms with Gasteiger partial charge in [0, 0.05) is 10.4 Å². The van der Waals surface area contributed by atoms with Gasteiger partial charge in [-0.3, -0.25) is 9.59 Å². The smallest absolute Gasteiger partial charge is 0.296 e. The number of hydrogen-bond acceptors (Lipinski definition) is 6. The number of aryl methyl sites for hydroxylation is 1. The molecular weight excluding hydrogens is 402 g/mol. The van der Waals surface area contributed by atoms with Crippen LogP contribution in [0.15, 0.2) is 63.9 Å². The number of aliphatic hydroxyl groups excluding tert-OH is 1. The number of amides is 1. The summed E-state index contributed by atoms with van der Waals surface area (Å²) in [6.07, 6.45) is 0. The molecule has 1 N–H and O–H groups in total. The van der Waals surface area contributed by atoms with Crippen molar-refractivity contribution < 1.29 is 23.8 Å². The predicted molar refractivity (Wildman–Crippen MR) is 113 cm³/mol. The zero-order valence-corrected chi connectivity index (χ0v) is 17.4. The SMILES string of the molecule is CCOc1cccc(/C(O)=C2/C(=O)C(=O)N(Cc3cccs3)C2c2ccc(C)o2)c1. The molecule has 0 spiro atoms. The Bertz CT molecular complexity index is 1110. The van der Waals surface area contributed by atoms with Crippen molar-refractivity contribution in [3.05, 3.63) is 81.4 Å². The second-order valence-corrected chi connectivity index (χ2v) is 7.95. The Kier molecular flexibility index (Phi) is 5.46. The number of nitrogens with zero attached hydrogens (tertiary/aromatic N) is 1. The van der Waals surface area contributed by atoms with Gasteiger partial charge in [0.25, 0.3) is 11.7 Å². The third-order valence-electron chi connectivity index (χ3n) is 4.90. The number of aliphatic hydroxyl groups is 1. The van der Waals surface area contributed by atoms with Gasteiger partial charge in [0.05, 0.1) is 18.7 Å². The lowest BCUT2D eigenvalue weighted by Gasteiger charge is -2.22. The van der Waals surface area contributed by atoms with E-state index in [4.69, 9.17) is 9.15 Å². The van der Waals surface area contributed by atoms with Crippen molar-refractivity contribution in [2.75, 3.05) is 6.61 Å². The van der Waals surface area contributed by atoms with E-state index < -0.39 is 17.7 Å². The molecule has 6 nitrogen and oxygen atoms in total. The number of furan rings is 1. The molecule has 1 atom stereocenters. The van der Waals surface area contributed by atoms with Gasteiger partial charge in [-0.25, -0.2) is 0 Å². The van der Waals surface area contributed by atoms with E-state index in [1.807, 2.05) is 24.4 Å². The number of hydrogen-bond donors (Lipinski definition) is 1. The molecular formula is C23H21NO5S. The third kappa shape index (κ3) is 3.64. The van der Waals surface area contributed by atoms with Crippen LogP contribution in [0.25, 0.3) is 5.76 Å². The molecule has 3 heterocycles. The number of ether oxygens (including phenoxy) is 1. The monoisotopic (exact) mass is 423 g/mol. The standard InChI is InChI=1S/C23H21NO5S/c1-3-28-16-7-4-6-15(12-16)21(25)19-20(18-10-9-14(2)29-18)24(23(27)22(19)26)13-17-8-5-11-30-17/h4-12,20,25H,3,13H2,1-2H3/b21-19-. The van der Waals surface area contributed by atoms with E-state index in [1.165, 1.54) is 16.2 Å². The molecule has 1 aromatic carbocycles. The number of Topliss-reactive ketones (excluding diaryl/α,β-unsaturated/α-hetero) is 1. The summed E-state index contributed by atoms with van der Waals surface area (Å²) in [5.74, 6) is 0.0214. The van der Waals surface area contributed by atoms with Crippen molar-refractivity contribution in [2.24, 2.45) is 0 Å². The van der Waals surface area contributed by atoms with E-state index in [9.17, 15) is 14.7 Å². The van der Waals surface area contributed by atoms with Gasteiger partial charge in [-0.15, -0.1) is 11.3 Å². The molecule has 1 aliphatic heterocycles. The van der Waals surface area contributed by atoms with E-state index >= 15 is 0 Å². The van der Waals surface area contributed by atoms with E-state index in [1.54, 1.807) is 43.3 Å². The third-order valence-corrected chi connectivity index (χ3v) is 5.76. The van der Waals surface area contributed by atoms with Gasteiger partial charge in [-0.1, -0.05) is 18.2 Å². The van der Waals surface area contributed by atoms with E-state index in [0.717, 1.165) is 4.88 Å². The number of likely N-dealkylation sites (tertiary alicyclic amines) is 1. The van der Waals surface area contributed by atoms with Crippen LogP contribution in [0.3, 0.4) is 0 Å². The van der Waals surface area contributed by atoms with Gasteiger partial charge in [-0.2, -0.15) is 0 Å². The Morgan fingerprint density at radius 3 is 2.70 bits per heavy atom. The number of carbonyl (C=O) groups is 2. The van der Waals surface area contributed by atoms with Crippen molar-refractivity contribution in [3.8, 4) is 5.75 Å². The van der Waals surface area contributed by atoms with Crippen LogP contribution in [0.5, 0.6) is 5.75 Å². The molecule has 154 valence electrons. The molecule has 1 fully saturated rings. The molecule has 1 amide bonds. The number of carbonyl (C=O) groups excluding carboxylic acids is 2. The Hall–Kier alpha value is -3.32. The quantitative estimate of drug-likeness (QED) is 0.354. The van der Waals surface area contributed by atoms with Crippen LogP contribution < -0.4 is 4.74 Å². The highest BCUT2D eigenvalue weighted by atomic mass is 32.1. The average molecular weight is 423 g/mol. The van der Waals surface area contributed by atoms with Gasteiger partial charge in [0.2, 0.25) is 0 Å². The summed E-state index contributed by atoms with van der Waals surface area (Å²) in [5.41, 5.74) is 0.419. The lowest BCUT2D eigenvalue weighted by Crippen LogP contribution is -2.28. The van der Waals surface area contributed by atoms with Gasteiger partial charge in [0.15, 0.2) is 0 Å². The number of thiophene rings is 1. The Balaban J connectivity index is 1.83. The van der Waals surface area contributed by atoms with Crippen LogP contribution in [0.2, 0.25) is 0 Å². The highest BCUT2D eigenvalue weighted by Gasteiger charge is 2.47. The first kappa shape index (κ1) is 20.0. The summed E-state index contributed by atoms with van der Waals surface area (Å²) in [4.78, 5) is 28.3. The van der Waals surface area contributed by atoms with Gasteiger partial charge < -0.3 is 19.2 Å². The molecule has 0 radical (unpaired) electrons. The maximum absolute atomic E-state index is 13.0. The average Bonchev–Trinajstić information content (AvgIpc) is 3.45. The van der Waals surface area contributed by atoms with Crippen LogP contribution >= 0.6 is 11.3 Å². The van der Waals surface area contributed by atoms with Gasteiger partial charge in [0.1, 0.15) is 29.1 Å². The van der Waals surface area contributed by atoms with E-state index in [0.29, 0.717) is 29.4 Å². The van der Waals surface area contributed by atoms with Crippen LogP contribution in [-0.2, 0) is 16.1 Å². The molecule has 0 aliphatic carbocycles. The molecule has 2 aromatic heterocycles. The van der Waals surface area contributed by atoms with E-state index in [-0.39, 0.29) is 17.9 Å². The van der Waals surface area contributed by atoms with Crippen molar-refractivity contribution in [1.29, 1.82) is 0 Å². The first-order valence-corrected chi connectivity index (χ1v) is 10.5. The summed E-state index contributed by atoms with van der Waals surface area (Å²) in [6, 6.07) is 13.3. The normalized spacial score (nSPS) is 18.2. The fourth-order valence-corrected chi connectivity index (χ4v) is 4.27. The summed E-state index contributed by atoms with van der Waals surface area (Å²) in [7, 11) is 0. The minimum Gasteiger partial charge on any atom is -0.507 e. The number of rotatable bonds is 6. The van der Waals surface area contributed by atoms with Crippen molar-refractivity contribution >= 4 is 28.8 Å². The molecule has 4 rings (SSSR count). The largest absolute Gasteiger partial charge is 0.507 e. The molecule has 30 heavy (non-hydrogen) atoms. The maximum Gasteiger partial charge on any atom is 0.296 e. The van der Waals surface area contributed by atoms with Crippen LogP contribution in [0.1, 0.15) is 34.9 Å². The van der Waals surface area contributed by atoms with E-state index in [2.05, 4.69) is 0 Å². The lowest BCUT2D eigenvalue weighted by molar-refractivity contribution is -0.140. The first-order chi connectivity index (χ1) is 14.5. The van der Waals surface area contributed by atoms with Crippen LogP contribution in [-0.4, -0.2) is 28.3 Å². The van der Waals surface area contributed by atoms with Crippen molar-refractivity contribution in [1.82, 2.24) is 4.90 Å². The summed E-state index contributed by atoms with van der Waals surface area (Å²) in [6.45, 7) is 4.38.